The molecule has 2 aromatic heterocycles. The Morgan fingerprint density at radius 3 is 2.90 bits per heavy atom. The van der Waals surface area contributed by atoms with Gasteiger partial charge in [0.15, 0.2) is 0 Å². The van der Waals surface area contributed by atoms with E-state index in [-0.39, 0.29) is 11.4 Å². The number of hydrogen-bond acceptors (Lipinski definition) is 4. The zero-order valence-electron chi connectivity index (χ0n) is 11.3. The van der Waals surface area contributed by atoms with Gasteiger partial charge in [0.05, 0.1) is 17.8 Å². The molecule has 0 bridgehead atoms. The van der Waals surface area contributed by atoms with E-state index in [4.69, 9.17) is 5.73 Å². The van der Waals surface area contributed by atoms with Crippen LogP contribution in [0.5, 0.6) is 0 Å². The molecule has 0 amide bonds. The molecule has 0 spiro atoms. The second-order valence-electron chi connectivity index (χ2n) is 4.47. The Labute approximate surface area is 118 Å². The standard InChI is InChI=1S/C12H19N5O2S/c1-2-3-17-8-12(4-11(17)5-13)20(18,19)16-7-10-6-14-9-15-10/h4,6,8-9,16H,2-3,5,7,13H2,1H3,(H,14,15). The summed E-state index contributed by atoms with van der Waals surface area (Å²) in [5, 5.41) is 0. The Hall–Kier alpha value is -1.64. The van der Waals surface area contributed by atoms with E-state index < -0.39 is 10.0 Å². The minimum atomic E-state index is -3.54. The van der Waals surface area contributed by atoms with Crippen LogP contribution < -0.4 is 10.5 Å². The van der Waals surface area contributed by atoms with Crippen molar-refractivity contribution in [2.75, 3.05) is 0 Å². The van der Waals surface area contributed by atoms with Gasteiger partial charge in [-0.2, -0.15) is 0 Å². The molecule has 2 aromatic rings. The molecule has 2 rings (SSSR count). The molecule has 0 unspecified atom stereocenters. The summed E-state index contributed by atoms with van der Waals surface area (Å²) in [7, 11) is -3.54. The van der Waals surface area contributed by atoms with E-state index in [2.05, 4.69) is 14.7 Å². The smallest absolute Gasteiger partial charge is 0.242 e. The molecular formula is C12H19N5O2S. The zero-order valence-corrected chi connectivity index (χ0v) is 12.2. The molecule has 110 valence electrons. The number of nitrogens with two attached hydrogens (primary N) is 1. The van der Waals surface area contributed by atoms with Gasteiger partial charge in [0.25, 0.3) is 0 Å². The highest BCUT2D eigenvalue weighted by molar-refractivity contribution is 7.89. The quantitative estimate of drug-likeness (QED) is 0.694. The summed E-state index contributed by atoms with van der Waals surface area (Å²) < 4.78 is 28.8. The molecule has 0 saturated heterocycles. The van der Waals surface area contributed by atoms with Crippen molar-refractivity contribution in [2.24, 2.45) is 5.73 Å². The van der Waals surface area contributed by atoms with E-state index in [1.165, 1.54) is 6.33 Å². The first-order valence-electron chi connectivity index (χ1n) is 6.43. The van der Waals surface area contributed by atoms with E-state index in [1.807, 2.05) is 11.5 Å². The van der Waals surface area contributed by atoms with Crippen LogP contribution in [0.4, 0.5) is 0 Å². The van der Waals surface area contributed by atoms with Crippen molar-refractivity contribution in [2.45, 2.75) is 37.9 Å². The van der Waals surface area contributed by atoms with Crippen molar-refractivity contribution in [3.05, 3.63) is 36.2 Å². The third-order valence-electron chi connectivity index (χ3n) is 2.95. The van der Waals surface area contributed by atoms with Crippen LogP contribution in [0.25, 0.3) is 0 Å². The van der Waals surface area contributed by atoms with Crippen LogP contribution in [0.2, 0.25) is 0 Å². The molecule has 0 aromatic carbocycles. The predicted molar refractivity (Wildman–Crippen MR) is 75.2 cm³/mol. The fourth-order valence-corrected chi connectivity index (χ4v) is 3.00. The number of H-pyrrole nitrogens is 1. The molecule has 4 N–H and O–H groups in total. The number of nitrogens with zero attached hydrogens (tertiary/aromatic N) is 2. The van der Waals surface area contributed by atoms with Gasteiger partial charge in [-0.1, -0.05) is 6.92 Å². The van der Waals surface area contributed by atoms with Crippen LogP contribution in [-0.2, 0) is 29.7 Å². The molecule has 0 aliphatic rings. The van der Waals surface area contributed by atoms with Gasteiger partial charge >= 0.3 is 0 Å². The highest BCUT2D eigenvalue weighted by Gasteiger charge is 2.17. The number of aryl methyl sites for hydroxylation is 1. The van der Waals surface area contributed by atoms with E-state index in [0.717, 1.165) is 18.7 Å². The van der Waals surface area contributed by atoms with Crippen molar-refractivity contribution in [1.82, 2.24) is 19.3 Å². The molecule has 8 heteroatoms. The Morgan fingerprint density at radius 2 is 2.30 bits per heavy atom. The van der Waals surface area contributed by atoms with E-state index in [9.17, 15) is 8.42 Å². The lowest BCUT2D eigenvalue weighted by Gasteiger charge is -2.04. The highest BCUT2D eigenvalue weighted by atomic mass is 32.2. The van der Waals surface area contributed by atoms with Crippen molar-refractivity contribution in [3.63, 3.8) is 0 Å². The maximum absolute atomic E-state index is 12.2. The fraction of sp³-hybridized carbons (Fsp3) is 0.417. The molecule has 0 atom stereocenters. The van der Waals surface area contributed by atoms with Gasteiger partial charge in [0, 0.05) is 36.9 Å². The number of nitrogens with one attached hydrogen (secondary N) is 2. The average Bonchev–Trinajstić information content (AvgIpc) is 3.06. The van der Waals surface area contributed by atoms with Crippen molar-refractivity contribution >= 4 is 10.0 Å². The van der Waals surface area contributed by atoms with E-state index in [0.29, 0.717) is 12.2 Å². The summed E-state index contributed by atoms with van der Waals surface area (Å²) in [6, 6.07) is 1.62. The lowest BCUT2D eigenvalue weighted by molar-refractivity contribution is 0.579. The van der Waals surface area contributed by atoms with Gasteiger partial charge in [0.1, 0.15) is 0 Å². The molecule has 0 radical (unpaired) electrons. The van der Waals surface area contributed by atoms with Gasteiger partial charge in [-0.3, -0.25) is 0 Å². The first kappa shape index (κ1) is 14.8. The molecule has 2 heterocycles. The summed E-state index contributed by atoms with van der Waals surface area (Å²) >= 11 is 0. The van der Waals surface area contributed by atoms with Crippen LogP contribution in [0, 0.1) is 0 Å². The molecule has 0 saturated carbocycles. The fourth-order valence-electron chi connectivity index (χ4n) is 1.93. The first-order chi connectivity index (χ1) is 9.56. The van der Waals surface area contributed by atoms with Gasteiger partial charge in [-0.25, -0.2) is 18.1 Å². The summed E-state index contributed by atoms with van der Waals surface area (Å²) in [6.45, 7) is 3.28. The summed E-state index contributed by atoms with van der Waals surface area (Å²) in [4.78, 5) is 6.93. The van der Waals surface area contributed by atoms with Gasteiger partial charge in [-0.15, -0.1) is 0 Å². The monoisotopic (exact) mass is 297 g/mol. The Morgan fingerprint density at radius 1 is 1.50 bits per heavy atom. The number of rotatable bonds is 7. The topological polar surface area (TPSA) is 106 Å². The van der Waals surface area contributed by atoms with Crippen molar-refractivity contribution < 1.29 is 8.42 Å². The minimum Gasteiger partial charge on any atom is -0.349 e. The third kappa shape index (κ3) is 3.27. The molecular weight excluding hydrogens is 278 g/mol. The minimum absolute atomic E-state index is 0.180. The van der Waals surface area contributed by atoms with Crippen LogP contribution in [0.15, 0.2) is 29.7 Å². The van der Waals surface area contributed by atoms with Crippen LogP contribution in [-0.4, -0.2) is 23.0 Å². The van der Waals surface area contributed by atoms with Gasteiger partial charge in [0.2, 0.25) is 10.0 Å². The van der Waals surface area contributed by atoms with Crippen LogP contribution in [0.1, 0.15) is 24.7 Å². The number of hydrogen-bond donors (Lipinski definition) is 3. The Kier molecular flexibility index (Phi) is 4.58. The second kappa shape index (κ2) is 6.21. The van der Waals surface area contributed by atoms with Gasteiger partial charge < -0.3 is 15.3 Å². The lowest BCUT2D eigenvalue weighted by Crippen LogP contribution is -2.23. The average molecular weight is 297 g/mol. The summed E-state index contributed by atoms with van der Waals surface area (Å²) in [5.41, 5.74) is 7.16. The van der Waals surface area contributed by atoms with Gasteiger partial charge in [-0.05, 0) is 12.5 Å². The predicted octanol–water partition coefficient (Wildman–Crippen LogP) is 0.558. The molecule has 0 aliphatic carbocycles. The SMILES string of the molecule is CCCn1cc(S(=O)(=O)NCc2cnc[nH]2)cc1CN. The highest BCUT2D eigenvalue weighted by Crippen LogP contribution is 2.15. The number of imidazole rings is 1. The lowest BCUT2D eigenvalue weighted by atomic mass is 10.4. The maximum Gasteiger partial charge on any atom is 0.242 e. The number of aromatic nitrogens is 3. The molecule has 0 aliphatic heterocycles. The van der Waals surface area contributed by atoms with Crippen molar-refractivity contribution in [1.29, 1.82) is 0 Å². The van der Waals surface area contributed by atoms with Crippen molar-refractivity contribution in [3.8, 4) is 0 Å². The Bertz CT molecular complexity index is 645. The number of sulfonamides is 1. The summed E-state index contributed by atoms with van der Waals surface area (Å²) in [5.74, 6) is 0. The molecule has 20 heavy (non-hydrogen) atoms. The van der Waals surface area contributed by atoms with Crippen LogP contribution in [0.3, 0.4) is 0 Å². The molecule has 0 fully saturated rings. The van der Waals surface area contributed by atoms with E-state index >= 15 is 0 Å². The normalized spacial score (nSPS) is 11.9. The largest absolute Gasteiger partial charge is 0.349 e. The second-order valence-corrected chi connectivity index (χ2v) is 6.23. The first-order valence-corrected chi connectivity index (χ1v) is 7.91. The summed E-state index contributed by atoms with van der Waals surface area (Å²) in [6.07, 6.45) is 5.63. The third-order valence-corrected chi connectivity index (χ3v) is 4.32. The van der Waals surface area contributed by atoms with Crippen LogP contribution >= 0.6 is 0 Å². The maximum atomic E-state index is 12.2. The number of aromatic amines is 1. The Balaban J connectivity index is 2.16. The molecule has 7 nitrogen and oxygen atoms in total. The zero-order chi connectivity index (χ0) is 14.6. The van der Waals surface area contributed by atoms with E-state index in [1.54, 1.807) is 18.5 Å².